The number of methoxy groups -OCH3 is 2. The van der Waals surface area contributed by atoms with Crippen molar-refractivity contribution in [3.8, 4) is 17.2 Å². The highest BCUT2D eigenvalue weighted by molar-refractivity contribution is 5.88. The van der Waals surface area contributed by atoms with Crippen molar-refractivity contribution in [3.05, 3.63) is 53.1 Å². The molecule has 2 saturated heterocycles. The first kappa shape index (κ1) is 23.5. The van der Waals surface area contributed by atoms with Gasteiger partial charge < -0.3 is 33.9 Å². The summed E-state index contributed by atoms with van der Waals surface area (Å²) in [7, 11) is 3.14. The molecular weight excluding hydrogens is 428 g/mol. The zero-order chi connectivity index (χ0) is 23.4. The van der Waals surface area contributed by atoms with Gasteiger partial charge in [-0.3, -0.25) is 4.79 Å². The van der Waals surface area contributed by atoms with Crippen LogP contribution in [0, 0.1) is 0 Å². The number of carbonyl (C=O) groups is 1. The van der Waals surface area contributed by atoms with E-state index in [-0.39, 0.29) is 12.5 Å². The lowest BCUT2D eigenvalue weighted by molar-refractivity contribution is -0.162. The molecule has 2 aliphatic rings. The van der Waals surface area contributed by atoms with Crippen LogP contribution >= 0.6 is 0 Å². The van der Waals surface area contributed by atoms with Gasteiger partial charge in [0.05, 0.1) is 40.1 Å². The van der Waals surface area contributed by atoms with Crippen molar-refractivity contribution in [1.29, 1.82) is 0 Å². The van der Waals surface area contributed by atoms with Crippen LogP contribution < -0.4 is 14.2 Å². The Bertz CT molecular complexity index is 952. The van der Waals surface area contributed by atoms with Crippen LogP contribution in [0.1, 0.15) is 35.6 Å². The van der Waals surface area contributed by atoms with E-state index in [2.05, 4.69) is 0 Å². The molecule has 0 aliphatic carbocycles. The maximum absolute atomic E-state index is 12.0. The number of rotatable bonds is 8. The minimum atomic E-state index is -1.20. The number of aliphatic hydroxyl groups is 2. The second-order valence-electron chi connectivity index (χ2n) is 8.28. The third-order valence-electron chi connectivity index (χ3n) is 6.07. The highest BCUT2D eigenvalue weighted by atomic mass is 16.5. The van der Waals surface area contributed by atoms with Crippen LogP contribution in [0.2, 0.25) is 0 Å². The van der Waals surface area contributed by atoms with Crippen molar-refractivity contribution in [2.24, 2.45) is 0 Å². The summed E-state index contributed by atoms with van der Waals surface area (Å²) >= 11 is 0. The summed E-state index contributed by atoms with van der Waals surface area (Å²) in [6.45, 7) is 0.866. The Labute approximate surface area is 193 Å². The van der Waals surface area contributed by atoms with E-state index in [4.69, 9.17) is 23.7 Å². The number of benzene rings is 2. The number of ether oxygens (including phenoxy) is 5. The van der Waals surface area contributed by atoms with E-state index in [9.17, 15) is 15.0 Å². The number of Topliss-reactive ketones (excluding diaryl/α,β-unsaturated/α-hetero) is 1. The van der Waals surface area contributed by atoms with Crippen LogP contribution in [0.3, 0.4) is 0 Å². The minimum Gasteiger partial charge on any atom is -0.496 e. The second-order valence-corrected chi connectivity index (χ2v) is 8.28. The minimum absolute atomic E-state index is 0.0916. The number of carbonyl (C=O) groups excluding carboxylic acids is 1. The molecular formula is C25H30O8. The monoisotopic (exact) mass is 458 g/mol. The lowest BCUT2D eigenvalue weighted by Crippen LogP contribution is -2.43. The summed E-state index contributed by atoms with van der Waals surface area (Å²) in [6.07, 6.45) is -1.19. The summed E-state index contributed by atoms with van der Waals surface area (Å²) in [6, 6.07) is 11.6. The zero-order valence-corrected chi connectivity index (χ0v) is 18.9. The van der Waals surface area contributed by atoms with Gasteiger partial charge >= 0.3 is 0 Å². The van der Waals surface area contributed by atoms with Gasteiger partial charge in [-0.1, -0.05) is 12.1 Å². The topological polar surface area (TPSA) is 104 Å². The average Bonchev–Trinajstić information content (AvgIpc) is 3.34. The average molecular weight is 459 g/mol. The molecule has 4 atom stereocenters. The van der Waals surface area contributed by atoms with Crippen molar-refractivity contribution in [1.82, 2.24) is 0 Å². The Morgan fingerprint density at radius 1 is 1.09 bits per heavy atom. The van der Waals surface area contributed by atoms with Crippen molar-refractivity contribution < 1.29 is 38.7 Å². The van der Waals surface area contributed by atoms with E-state index >= 15 is 0 Å². The summed E-state index contributed by atoms with van der Waals surface area (Å²) in [5.74, 6) is 1.49. The maximum Gasteiger partial charge on any atom is 0.192 e. The van der Waals surface area contributed by atoms with Crippen LogP contribution in [0.5, 0.6) is 17.2 Å². The lowest BCUT2D eigenvalue weighted by Gasteiger charge is -2.32. The molecule has 2 aliphatic heterocycles. The van der Waals surface area contributed by atoms with Crippen molar-refractivity contribution >= 4 is 5.78 Å². The second kappa shape index (κ2) is 10.5. The Kier molecular flexibility index (Phi) is 7.49. The van der Waals surface area contributed by atoms with Gasteiger partial charge in [-0.25, -0.2) is 0 Å². The molecule has 0 saturated carbocycles. The third kappa shape index (κ3) is 5.30. The quantitative estimate of drug-likeness (QED) is 0.621. The molecule has 2 aromatic rings. The molecule has 2 N–H and O–H groups in total. The van der Waals surface area contributed by atoms with Crippen LogP contribution in [0.4, 0.5) is 0 Å². The zero-order valence-electron chi connectivity index (χ0n) is 18.9. The van der Waals surface area contributed by atoms with Crippen LogP contribution in [0.15, 0.2) is 36.4 Å². The summed E-state index contributed by atoms with van der Waals surface area (Å²) in [5, 5.41) is 19.7. The smallest absolute Gasteiger partial charge is 0.192 e. The van der Waals surface area contributed by atoms with E-state index in [1.807, 2.05) is 30.3 Å². The fraction of sp³-hybridized carbons (Fsp3) is 0.480. The first-order chi connectivity index (χ1) is 16.0. The van der Waals surface area contributed by atoms with E-state index < -0.39 is 30.7 Å². The molecule has 4 unspecified atom stereocenters. The SMILES string of the molecule is COc1cc(OC)c(C2CC(O)C(=O)C(CO)O2)cc1Cc1ccc(OC2CCOC2)cc1. The highest BCUT2D eigenvalue weighted by Crippen LogP contribution is 2.39. The predicted molar refractivity (Wildman–Crippen MR) is 119 cm³/mol. The van der Waals surface area contributed by atoms with Gasteiger partial charge in [0.25, 0.3) is 0 Å². The third-order valence-corrected chi connectivity index (χ3v) is 6.07. The van der Waals surface area contributed by atoms with Crippen molar-refractivity contribution in [2.45, 2.75) is 43.7 Å². The molecule has 0 spiro atoms. The van der Waals surface area contributed by atoms with E-state index in [0.29, 0.717) is 30.1 Å². The van der Waals surface area contributed by atoms with E-state index in [1.165, 1.54) is 0 Å². The van der Waals surface area contributed by atoms with Gasteiger partial charge in [-0.05, 0) is 29.3 Å². The van der Waals surface area contributed by atoms with Gasteiger partial charge in [-0.15, -0.1) is 0 Å². The predicted octanol–water partition coefficient (Wildman–Crippen LogP) is 2.21. The molecule has 0 radical (unpaired) electrons. The van der Waals surface area contributed by atoms with Crippen molar-refractivity contribution in [3.63, 3.8) is 0 Å². The fourth-order valence-corrected chi connectivity index (χ4v) is 4.27. The Morgan fingerprint density at radius 3 is 2.48 bits per heavy atom. The Balaban J connectivity index is 1.57. The molecule has 33 heavy (non-hydrogen) atoms. The first-order valence-corrected chi connectivity index (χ1v) is 11.1. The summed E-state index contributed by atoms with van der Waals surface area (Å²) in [4.78, 5) is 12.0. The van der Waals surface area contributed by atoms with Gasteiger partial charge in [-0.2, -0.15) is 0 Å². The van der Waals surface area contributed by atoms with Gasteiger partial charge in [0.2, 0.25) is 0 Å². The molecule has 178 valence electrons. The van der Waals surface area contributed by atoms with Crippen LogP contribution in [-0.4, -0.2) is 68.3 Å². The summed E-state index contributed by atoms with van der Waals surface area (Å²) < 4.78 is 28.2. The number of hydrogen-bond donors (Lipinski definition) is 2. The molecule has 2 heterocycles. The van der Waals surface area contributed by atoms with Gasteiger partial charge in [0.15, 0.2) is 5.78 Å². The summed E-state index contributed by atoms with van der Waals surface area (Å²) in [5.41, 5.74) is 2.66. The number of aliphatic hydroxyl groups excluding tert-OH is 2. The van der Waals surface area contributed by atoms with Crippen LogP contribution in [-0.2, 0) is 20.7 Å². The molecule has 4 rings (SSSR count). The molecule has 2 fully saturated rings. The Morgan fingerprint density at radius 2 is 1.85 bits per heavy atom. The van der Waals surface area contributed by atoms with Gasteiger partial charge in [0.1, 0.15) is 35.6 Å². The molecule has 0 bridgehead atoms. The number of ketones is 1. The molecule has 2 aromatic carbocycles. The maximum atomic E-state index is 12.0. The van der Waals surface area contributed by atoms with E-state index in [1.54, 1.807) is 20.3 Å². The Hall–Kier alpha value is -2.65. The molecule has 8 nitrogen and oxygen atoms in total. The standard InChI is InChI=1S/C25H30O8/c1-29-21-12-22(30-2)19(23-11-20(27)25(28)24(13-26)33-23)10-16(21)9-15-3-5-17(6-4-15)32-18-7-8-31-14-18/h3-6,10,12,18,20,23-24,26-27H,7-9,11,13-14H2,1-2H3. The molecule has 8 heteroatoms. The first-order valence-electron chi connectivity index (χ1n) is 11.1. The fourth-order valence-electron chi connectivity index (χ4n) is 4.27. The normalized spacial score (nSPS) is 25.2. The van der Waals surface area contributed by atoms with Crippen LogP contribution in [0.25, 0.3) is 0 Å². The van der Waals surface area contributed by atoms with Crippen molar-refractivity contribution in [2.75, 3.05) is 34.0 Å². The highest BCUT2D eigenvalue weighted by Gasteiger charge is 2.37. The number of hydrogen-bond acceptors (Lipinski definition) is 8. The molecule has 0 amide bonds. The van der Waals surface area contributed by atoms with Gasteiger partial charge in [0, 0.05) is 30.9 Å². The van der Waals surface area contributed by atoms with E-state index in [0.717, 1.165) is 29.9 Å². The molecule has 0 aromatic heterocycles. The lowest BCUT2D eigenvalue weighted by atomic mass is 9.92. The largest absolute Gasteiger partial charge is 0.496 e.